The lowest BCUT2D eigenvalue weighted by Gasteiger charge is -1.90. The van der Waals surface area contributed by atoms with Crippen LogP contribution < -0.4 is 0 Å². The van der Waals surface area contributed by atoms with Crippen LogP contribution in [0.3, 0.4) is 0 Å². The van der Waals surface area contributed by atoms with Crippen molar-refractivity contribution in [3.05, 3.63) is 48.1 Å². The van der Waals surface area contributed by atoms with Gasteiger partial charge in [-0.15, -0.1) is 0 Å². The van der Waals surface area contributed by atoms with Crippen LogP contribution in [0.4, 0.5) is 0 Å². The summed E-state index contributed by atoms with van der Waals surface area (Å²) in [6.45, 7) is 0. The maximum Gasteiger partial charge on any atom is 0.238 e. The first-order valence-electron chi connectivity index (χ1n) is 5.44. The molecule has 1 aromatic carbocycles. The summed E-state index contributed by atoms with van der Waals surface area (Å²) >= 11 is 6.19. The molecule has 0 N–H and O–H groups in total. The highest BCUT2D eigenvalue weighted by atomic mass is 35.5. The van der Waals surface area contributed by atoms with E-state index in [-0.39, 0.29) is 0 Å². The minimum Gasteiger partial charge on any atom is -0.435 e. The molecule has 3 aromatic rings. The molecule has 3 rings (SSSR count). The lowest BCUT2D eigenvalue weighted by atomic mass is 10.3. The van der Waals surface area contributed by atoms with E-state index in [1.165, 1.54) is 0 Å². The molecule has 0 fully saturated rings. The van der Waals surface area contributed by atoms with Crippen LogP contribution in [-0.2, 0) is 7.05 Å². The molecule has 0 atom stereocenters. The average Bonchev–Trinajstić information content (AvgIpc) is 2.95. The lowest BCUT2D eigenvalue weighted by Crippen LogP contribution is -1.84. The number of fused-ring (bicyclic) bond motifs is 1. The standard InChI is InChI=1S/C13H10ClN3O/c1-17-8-9(7-15-17)6-10(14)13-16-11-4-2-3-5-12(11)18-13/h2-8H,1H3/b10-6+. The molecule has 90 valence electrons. The van der Waals surface area contributed by atoms with Gasteiger partial charge in [0, 0.05) is 18.8 Å². The number of aromatic nitrogens is 3. The van der Waals surface area contributed by atoms with Gasteiger partial charge in [-0.2, -0.15) is 5.10 Å². The number of oxazole rings is 1. The second-order valence-corrected chi connectivity index (χ2v) is 4.33. The van der Waals surface area contributed by atoms with Gasteiger partial charge in [-0.05, 0) is 18.2 Å². The fourth-order valence-electron chi connectivity index (χ4n) is 1.70. The topological polar surface area (TPSA) is 43.9 Å². The van der Waals surface area contributed by atoms with Crippen molar-refractivity contribution in [1.82, 2.24) is 14.8 Å². The normalized spacial score (nSPS) is 12.2. The van der Waals surface area contributed by atoms with Crippen LogP contribution in [0.5, 0.6) is 0 Å². The predicted molar refractivity (Wildman–Crippen MR) is 70.9 cm³/mol. The van der Waals surface area contributed by atoms with Gasteiger partial charge in [0.1, 0.15) is 10.5 Å². The summed E-state index contributed by atoms with van der Waals surface area (Å²) in [5.74, 6) is 0.418. The van der Waals surface area contributed by atoms with Gasteiger partial charge >= 0.3 is 0 Å². The van der Waals surface area contributed by atoms with Crippen molar-refractivity contribution in [2.75, 3.05) is 0 Å². The van der Waals surface area contributed by atoms with Gasteiger partial charge in [-0.3, -0.25) is 4.68 Å². The fourth-order valence-corrected chi connectivity index (χ4v) is 1.90. The summed E-state index contributed by atoms with van der Waals surface area (Å²) in [4.78, 5) is 4.32. The number of halogens is 1. The molecule has 4 nitrogen and oxygen atoms in total. The first-order valence-corrected chi connectivity index (χ1v) is 5.82. The second-order valence-electron chi connectivity index (χ2n) is 3.93. The highest BCUT2D eigenvalue weighted by Gasteiger charge is 2.08. The van der Waals surface area contributed by atoms with E-state index in [9.17, 15) is 0 Å². The van der Waals surface area contributed by atoms with E-state index >= 15 is 0 Å². The first-order chi connectivity index (χ1) is 8.72. The van der Waals surface area contributed by atoms with Crippen molar-refractivity contribution in [2.45, 2.75) is 0 Å². The Morgan fingerprint density at radius 2 is 2.22 bits per heavy atom. The van der Waals surface area contributed by atoms with Gasteiger partial charge in [0.2, 0.25) is 5.89 Å². The van der Waals surface area contributed by atoms with Gasteiger partial charge in [0.15, 0.2) is 5.58 Å². The molecule has 0 unspecified atom stereocenters. The summed E-state index contributed by atoms with van der Waals surface area (Å²) in [7, 11) is 1.85. The van der Waals surface area contributed by atoms with E-state index in [2.05, 4.69) is 10.1 Å². The SMILES string of the molecule is Cn1cc(/C=C(/Cl)c2nc3ccccc3o2)cn1. The van der Waals surface area contributed by atoms with Crippen molar-refractivity contribution >= 4 is 33.8 Å². The first kappa shape index (κ1) is 11.0. The third-order valence-electron chi connectivity index (χ3n) is 2.52. The Morgan fingerprint density at radius 1 is 1.39 bits per heavy atom. The van der Waals surface area contributed by atoms with E-state index < -0.39 is 0 Å². The second kappa shape index (κ2) is 4.31. The van der Waals surface area contributed by atoms with Crippen LogP contribution in [0.2, 0.25) is 0 Å². The van der Waals surface area contributed by atoms with Gasteiger partial charge in [0.05, 0.1) is 6.20 Å². The van der Waals surface area contributed by atoms with E-state index in [4.69, 9.17) is 16.0 Å². The Morgan fingerprint density at radius 3 is 2.94 bits per heavy atom. The zero-order chi connectivity index (χ0) is 12.5. The van der Waals surface area contributed by atoms with Crippen LogP contribution in [0, 0.1) is 0 Å². The maximum absolute atomic E-state index is 6.19. The average molecular weight is 260 g/mol. The molecule has 18 heavy (non-hydrogen) atoms. The van der Waals surface area contributed by atoms with Crippen molar-refractivity contribution < 1.29 is 4.42 Å². The quantitative estimate of drug-likeness (QED) is 0.709. The lowest BCUT2D eigenvalue weighted by molar-refractivity contribution is 0.588. The zero-order valence-corrected chi connectivity index (χ0v) is 10.4. The van der Waals surface area contributed by atoms with Gasteiger partial charge in [0.25, 0.3) is 0 Å². The van der Waals surface area contributed by atoms with E-state index in [0.717, 1.165) is 16.7 Å². The molecule has 0 aliphatic heterocycles. The number of rotatable bonds is 2. The van der Waals surface area contributed by atoms with Gasteiger partial charge in [-0.25, -0.2) is 4.98 Å². The van der Waals surface area contributed by atoms with Crippen LogP contribution >= 0.6 is 11.6 Å². The third-order valence-corrected chi connectivity index (χ3v) is 2.79. The Bertz CT molecular complexity index is 694. The third kappa shape index (κ3) is 2.02. The Labute approximate surface area is 108 Å². The molecule has 0 radical (unpaired) electrons. The molecule has 0 amide bonds. The maximum atomic E-state index is 6.19. The summed E-state index contributed by atoms with van der Waals surface area (Å²) in [5, 5.41) is 4.53. The summed E-state index contributed by atoms with van der Waals surface area (Å²) in [6, 6.07) is 7.56. The molecule has 0 aliphatic carbocycles. The number of benzene rings is 1. The summed E-state index contributed by atoms with van der Waals surface area (Å²) in [6.07, 6.45) is 5.37. The van der Waals surface area contributed by atoms with Gasteiger partial charge < -0.3 is 4.42 Å². The Kier molecular flexibility index (Phi) is 2.64. The minimum atomic E-state index is 0.418. The Balaban J connectivity index is 2.01. The number of aryl methyl sites for hydroxylation is 1. The smallest absolute Gasteiger partial charge is 0.238 e. The monoisotopic (exact) mass is 259 g/mol. The molecule has 0 spiro atoms. The van der Waals surface area contributed by atoms with E-state index in [1.807, 2.05) is 37.5 Å². The van der Waals surface area contributed by atoms with Crippen LogP contribution in [0.1, 0.15) is 11.5 Å². The van der Waals surface area contributed by atoms with E-state index in [0.29, 0.717) is 10.9 Å². The number of nitrogens with zero attached hydrogens (tertiary/aromatic N) is 3. The molecule has 5 heteroatoms. The molecule has 2 heterocycles. The summed E-state index contributed by atoms with van der Waals surface area (Å²) < 4.78 is 7.28. The van der Waals surface area contributed by atoms with Crippen molar-refractivity contribution in [2.24, 2.45) is 7.05 Å². The molecule has 0 bridgehead atoms. The molecule has 0 aliphatic rings. The van der Waals surface area contributed by atoms with Crippen LogP contribution in [-0.4, -0.2) is 14.8 Å². The van der Waals surface area contributed by atoms with Crippen molar-refractivity contribution in [1.29, 1.82) is 0 Å². The zero-order valence-electron chi connectivity index (χ0n) is 9.67. The molecular weight excluding hydrogens is 250 g/mol. The van der Waals surface area contributed by atoms with Crippen molar-refractivity contribution in [3.8, 4) is 0 Å². The van der Waals surface area contributed by atoms with Crippen molar-refractivity contribution in [3.63, 3.8) is 0 Å². The predicted octanol–water partition coefficient (Wildman–Crippen LogP) is 3.30. The van der Waals surface area contributed by atoms with E-state index in [1.54, 1.807) is 17.0 Å². The fraction of sp³-hybridized carbons (Fsp3) is 0.0769. The van der Waals surface area contributed by atoms with Crippen LogP contribution in [0.25, 0.3) is 22.2 Å². The molecule has 0 saturated carbocycles. The number of hydrogen-bond donors (Lipinski definition) is 0. The van der Waals surface area contributed by atoms with Crippen LogP contribution in [0.15, 0.2) is 41.1 Å². The summed E-state index contributed by atoms with van der Waals surface area (Å²) in [5.41, 5.74) is 2.43. The largest absolute Gasteiger partial charge is 0.435 e. The molecular formula is C13H10ClN3O. The molecule has 0 saturated heterocycles. The number of para-hydroxylation sites is 2. The van der Waals surface area contributed by atoms with Gasteiger partial charge in [-0.1, -0.05) is 23.7 Å². The highest BCUT2D eigenvalue weighted by Crippen LogP contribution is 2.25. The molecule has 2 aromatic heterocycles. The number of hydrogen-bond acceptors (Lipinski definition) is 3. The Hall–Kier alpha value is -2.07. The highest BCUT2D eigenvalue weighted by molar-refractivity contribution is 6.50. The minimum absolute atomic E-state index is 0.418.